The number of fused-ring (bicyclic) bond motifs is 1. The summed E-state index contributed by atoms with van der Waals surface area (Å²) < 4.78 is 15.7. The van der Waals surface area contributed by atoms with E-state index < -0.39 is 35.2 Å². The van der Waals surface area contributed by atoms with Gasteiger partial charge in [-0.3, -0.25) is 4.79 Å². The van der Waals surface area contributed by atoms with Crippen LogP contribution in [-0.2, 0) is 28.6 Å². The van der Waals surface area contributed by atoms with E-state index in [4.69, 9.17) is 0 Å². The van der Waals surface area contributed by atoms with Crippen molar-refractivity contribution >= 4 is 22.6 Å². The largest absolute Gasteiger partial charge is 0.392 e. The average molecular weight is 548 g/mol. The lowest BCUT2D eigenvalue weighted by atomic mass is 9.92. The van der Waals surface area contributed by atoms with Crippen LogP contribution in [0.15, 0.2) is 83.8 Å². The molecule has 0 heterocycles. The first-order valence-corrected chi connectivity index (χ1v) is 14.9. The third-order valence-electron chi connectivity index (χ3n) is 7.56. The summed E-state index contributed by atoms with van der Waals surface area (Å²) in [6, 6.07) is 24.5. The maximum absolute atomic E-state index is 13.5. The van der Waals surface area contributed by atoms with E-state index in [1.807, 2.05) is 78.9 Å². The second-order valence-corrected chi connectivity index (χ2v) is 12.0. The van der Waals surface area contributed by atoms with Crippen molar-refractivity contribution in [3.8, 4) is 0 Å². The van der Waals surface area contributed by atoms with Gasteiger partial charge in [0.25, 0.3) is 0 Å². The lowest BCUT2D eigenvalue weighted by Crippen LogP contribution is -2.40. The van der Waals surface area contributed by atoms with Crippen molar-refractivity contribution in [2.45, 2.75) is 55.2 Å². The lowest BCUT2D eigenvalue weighted by Gasteiger charge is -2.24. The molecule has 1 saturated carbocycles. The molecule has 0 aliphatic heterocycles. The minimum absolute atomic E-state index is 0.0851. The number of benzene rings is 3. The van der Waals surface area contributed by atoms with E-state index in [0.717, 1.165) is 34.8 Å². The highest BCUT2D eigenvalue weighted by molar-refractivity contribution is 7.83. The van der Waals surface area contributed by atoms with Crippen LogP contribution in [0, 0.1) is 11.8 Å². The molecule has 1 fully saturated rings. The zero-order valence-corrected chi connectivity index (χ0v) is 22.8. The van der Waals surface area contributed by atoms with E-state index in [2.05, 4.69) is 15.4 Å². The molecule has 3 aromatic carbocycles. The topological polar surface area (TPSA) is 111 Å². The summed E-state index contributed by atoms with van der Waals surface area (Å²) in [6.07, 6.45) is 2.14. The van der Waals surface area contributed by atoms with Gasteiger partial charge in [-0.05, 0) is 72.6 Å². The molecule has 0 aromatic heterocycles. The normalized spacial score (nSPS) is 20.6. The van der Waals surface area contributed by atoms with Crippen LogP contribution in [0.25, 0.3) is 0 Å². The third kappa shape index (κ3) is 7.54. The Bertz CT molecular complexity index is 1270. The molecule has 0 spiro atoms. The molecule has 39 heavy (non-hydrogen) atoms. The fourth-order valence-electron chi connectivity index (χ4n) is 5.15. The minimum Gasteiger partial charge on any atom is -0.392 e. The Kier molecular flexibility index (Phi) is 9.09. The molecule has 5 atom stereocenters. The number of hydrogen-bond acceptors (Lipinski definition) is 5. The minimum atomic E-state index is -1.48. The van der Waals surface area contributed by atoms with Crippen molar-refractivity contribution in [1.82, 2.24) is 10.0 Å². The molecular formula is C31H37N3O4S. The maximum Gasteiger partial charge on any atom is 0.224 e. The van der Waals surface area contributed by atoms with Crippen molar-refractivity contribution in [3.63, 3.8) is 0 Å². The fourth-order valence-corrected chi connectivity index (χ4v) is 6.04. The van der Waals surface area contributed by atoms with Crippen molar-refractivity contribution in [2.24, 2.45) is 11.8 Å². The van der Waals surface area contributed by atoms with Gasteiger partial charge in [0, 0.05) is 31.1 Å². The van der Waals surface area contributed by atoms with E-state index in [-0.39, 0.29) is 18.9 Å². The molecule has 0 saturated heterocycles. The van der Waals surface area contributed by atoms with Gasteiger partial charge in [-0.25, -0.2) is 8.93 Å². The van der Waals surface area contributed by atoms with Crippen LogP contribution in [0.2, 0.25) is 0 Å². The summed E-state index contributed by atoms with van der Waals surface area (Å²) in [7, 11) is -1.48. The van der Waals surface area contributed by atoms with Crippen LogP contribution in [0.5, 0.6) is 0 Å². The fraction of sp³-hybridized carbons (Fsp3) is 0.387. The first kappa shape index (κ1) is 27.5. The van der Waals surface area contributed by atoms with Crippen LogP contribution in [-0.4, -0.2) is 45.6 Å². The van der Waals surface area contributed by atoms with E-state index >= 15 is 0 Å². The van der Waals surface area contributed by atoms with E-state index in [1.54, 1.807) is 0 Å². The molecule has 7 nitrogen and oxygen atoms in total. The lowest BCUT2D eigenvalue weighted by molar-refractivity contribution is -0.127. The number of aliphatic hydroxyl groups excluding tert-OH is 2. The summed E-state index contributed by atoms with van der Waals surface area (Å²) in [5.41, 5.74) is 3.97. The summed E-state index contributed by atoms with van der Waals surface area (Å²) in [4.78, 5) is 14.1. The molecular weight excluding hydrogens is 510 g/mol. The number of aliphatic hydroxyl groups is 2. The molecule has 5 rings (SSSR count). The average Bonchev–Trinajstić information content (AvgIpc) is 3.73. The first-order chi connectivity index (χ1) is 19.0. The molecule has 2 aliphatic rings. The van der Waals surface area contributed by atoms with E-state index in [0.29, 0.717) is 17.7 Å². The molecule has 3 aromatic rings. The standard InChI is InChI=1S/C31H37N3O4S/c35-26(20-33-39(38)27-14-12-25(13-15-27)32-19-22-10-11-22)17-24(16-21-6-2-1-3-7-21)31(37)34-30-28-9-5-4-8-23(28)18-29(30)36/h1-9,12-15,22,24,26,29-30,32-33,35-36H,10-11,16-20H2,(H,34,37). The maximum atomic E-state index is 13.5. The van der Waals surface area contributed by atoms with Gasteiger partial charge >= 0.3 is 0 Å². The van der Waals surface area contributed by atoms with Gasteiger partial charge < -0.3 is 20.8 Å². The molecule has 5 unspecified atom stereocenters. The molecule has 5 N–H and O–H groups in total. The first-order valence-electron chi connectivity index (χ1n) is 13.7. The van der Waals surface area contributed by atoms with Crippen molar-refractivity contribution in [2.75, 3.05) is 18.4 Å². The summed E-state index contributed by atoms with van der Waals surface area (Å²) in [6.45, 7) is 1.05. The van der Waals surface area contributed by atoms with Gasteiger partial charge in [0.05, 0.1) is 23.1 Å². The van der Waals surface area contributed by atoms with Crippen LogP contribution in [0.3, 0.4) is 0 Å². The predicted octanol–water partition coefficient (Wildman–Crippen LogP) is 3.51. The Morgan fingerprint density at radius 3 is 2.44 bits per heavy atom. The monoisotopic (exact) mass is 547 g/mol. The summed E-state index contributed by atoms with van der Waals surface area (Å²) in [5.74, 6) is 0.0392. The predicted molar refractivity (Wildman–Crippen MR) is 153 cm³/mol. The van der Waals surface area contributed by atoms with Gasteiger partial charge in [-0.2, -0.15) is 0 Å². The van der Waals surface area contributed by atoms with E-state index in [1.165, 1.54) is 12.8 Å². The van der Waals surface area contributed by atoms with Crippen molar-refractivity contribution in [3.05, 3.63) is 95.6 Å². The number of nitrogens with one attached hydrogen (secondary N) is 3. The SMILES string of the molecule is O=C(NC1c2ccccc2CC1O)C(Cc1ccccc1)CC(O)CNS(=O)c1ccc(NCC2CC2)cc1. The van der Waals surface area contributed by atoms with Crippen LogP contribution in [0.4, 0.5) is 5.69 Å². The van der Waals surface area contributed by atoms with Crippen molar-refractivity contribution in [1.29, 1.82) is 0 Å². The van der Waals surface area contributed by atoms with Gasteiger partial charge in [0.2, 0.25) is 5.91 Å². The van der Waals surface area contributed by atoms with Crippen LogP contribution < -0.4 is 15.4 Å². The Morgan fingerprint density at radius 2 is 1.69 bits per heavy atom. The summed E-state index contributed by atoms with van der Waals surface area (Å²) >= 11 is 0. The van der Waals surface area contributed by atoms with Gasteiger partial charge in [-0.1, -0.05) is 54.6 Å². The molecule has 0 radical (unpaired) electrons. The second-order valence-electron chi connectivity index (χ2n) is 10.7. The second kappa shape index (κ2) is 12.9. The zero-order valence-electron chi connectivity index (χ0n) is 22.0. The third-order valence-corrected chi connectivity index (χ3v) is 8.69. The molecule has 206 valence electrons. The van der Waals surface area contributed by atoms with Crippen LogP contribution >= 0.6 is 0 Å². The Labute approximate surface area is 232 Å². The molecule has 1 amide bonds. The quantitative estimate of drug-likeness (QED) is 0.225. The van der Waals surface area contributed by atoms with Crippen LogP contribution in [0.1, 0.15) is 42.0 Å². The summed E-state index contributed by atoms with van der Waals surface area (Å²) in [5, 5.41) is 27.9. The molecule has 8 heteroatoms. The molecule has 2 aliphatic carbocycles. The number of rotatable bonds is 13. The smallest absolute Gasteiger partial charge is 0.224 e. The molecule has 0 bridgehead atoms. The zero-order chi connectivity index (χ0) is 27.2. The van der Waals surface area contributed by atoms with E-state index in [9.17, 15) is 19.2 Å². The Hall–Kier alpha value is -3.04. The van der Waals surface area contributed by atoms with Gasteiger partial charge in [0.1, 0.15) is 11.0 Å². The highest BCUT2D eigenvalue weighted by Gasteiger charge is 2.34. The van der Waals surface area contributed by atoms with Gasteiger partial charge in [-0.15, -0.1) is 0 Å². The number of carbonyl (C=O) groups is 1. The number of anilines is 1. The number of amides is 1. The highest BCUT2D eigenvalue weighted by Crippen LogP contribution is 2.32. The number of hydrogen-bond donors (Lipinski definition) is 5. The van der Waals surface area contributed by atoms with Crippen molar-refractivity contribution < 1.29 is 19.2 Å². The number of carbonyl (C=O) groups excluding carboxylic acids is 1. The van der Waals surface area contributed by atoms with Gasteiger partial charge in [0.15, 0.2) is 0 Å². The Morgan fingerprint density at radius 1 is 0.974 bits per heavy atom. The Balaban J connectivity index is 1.18. The highest BCUT2D eigenvalue weighted by atomic mass is 32.2.